The van der Waals surface area contributed by atoms with Gasteiger partial charge in [0.15, 0.2) is 0 Å². The summed E-state index contributed by atoms with van der Waals surface area (Å²) in [5.41, 5.74) is 6.18. The normalized spacial score (nSPS) is 20.6. The molecule has 0 aliphatic carbocycles. The highest BCUT2D eigenvalue weighted by atomic mass is 16.5. The molecule has 0 saturated carbocycles. The van der Waals surface area contributed by atoms with E-state index in [1.54, 1.807) is 0 Å². The van der Waals surface area contributed by atoms with Gasteiger partial charge in [0, 0.05) is 24.1 Å². The highest BCUT2D eigenvalue weighted by Gasteiger charge is 2.32. The van der Waals surface area contributed by atoms with E-state index in [0.717, 1.165) is 17.7 Å². The molecular formula is C17H27NO3. The van der Waals surface area contributed by atoms with Gasteiger partial charge < -0.3 is 20.3 Å². The molecule has 0 aromatic heterocycles. The lowest BCUT2D eigenvalue weighted by Gasteiger charge is -2.36. The Labute approximate surface area is 127 Å². The minimum atomic E-state index is -0.771. The standard InChI is InChI=1S/C17H27NO3/c1-5-17(19,6-2)11-20-12-7-8-13-14(18)10-16(3,4)21-15(13)9-12/h7-9,14,19H,5-6,10-11,18H2,1-4H3. The topological polar surface area (TPSA) is 64.7 Å². The molecule has 0 spiro atoms. The van der Waals surface area contributed by atoms with E-state index in [4.69, 9.17) is 15.2 Å². The van der Waals surface area contributed by atoms with Crippen LogP contribution in [0.15, 0.2) is 18.2 Å². The first kappa shape index (κ1) is 16.1. The van der Waals surface area contributed by atoms with Crippen molar-refractivity contribution in [3.63, 3.8) is 0 Å². The van der Waals surface area contributed by atoms with E-state index < -0.39 is 5.60 Å². The Morgan fingerprint density at radius 2 is 2.05 bits per heavy atom. The van der Waals surface area contributed by atoms with Crippen LogP contribution in [-0.4, -0.2) is 22.9 Å². The van der Waals surface area contributed by atoms with E-state index >= 15 is 0 Å². The van der Waals surface area contributed by atoms with E-state index in [1.807, 2.05) is 45.9 Å². The number of rotatable bonds is 5. The second-order valence-corrected chi connectivity index (χ2v) is 6.59. The molecule has 0 radical (unpaired) electrons. The largest absolute Gasteiger partial charge is 0.490 e. The summed E-state index contributed by atoms with van der Waals surface area (Å²) in [7, 11) is 0. The van der Waals surface area contributed by atoms with Gasteiger partial charge in [0.25, 0.3) is 0 Å². The van der Waals surface area contributed by atoms with Gasteiger partial charge in [-0.1, -0.05) is 19.9 Å². The maximum atomic E-state index is 10.3. The zero-order valence-corrected chi connectivity index (χ0v) is 13.5. The molecule has 0 fully saturated rings. The van der Waals surface area contributed by atoms with Crippen molar-refractivity contribution in [3.05, 3.63) is 23.8 Å². The van der Waals surface area contributed by atoms with Gasteiger partial charge in [-0.25, -0.2) is 0 Å². The highest BCUT2D eigenvalue weighted by molar-refractivity contribution is 5.44. The van der Waals surface area contributed by atoms with Crippen LogP contribution in [0, 0.1) is 0 Å². The summed E-state index contributed by atoms with van der Waals surface area (Å²) in [5.74, 6) is 1.49. The molecule has 0 amide bonds. The summed E-state index contributed by atoms with van der Waals surface area (Å²) in [6, 6.07) is 5.72. The predicted octanol–water partition coefficient (Wildman–Crippen LogP) is 3.18. The molecule has 1 heterocycles. The maximum Gasteiger partial charge on any atom is 0.128 e. The first-order valence-corrected chi connectivity index (χ1v) is 7.72. The molecular weight excluding hydrogens is 266 g/mol. The molecule has 1 aliphatic rings. The highest BCUT2D eigenvalue weighted by Crippen LogP contribution is 2.40. The first-order chi connectivity index (χ1) is 9.78. The summed E-state index contributed by atoms with van der Waals surface area (Å²) < 4.78 is 11.7. The quantitative estimate of drug-likeness (QED) is 0.875. The Morgan fingerprint density at radius 1 is 1.38 bits per heavy atom. The van der Waals surface area contributed by atoms with Crippen LogP contribution in [-0.2, 0) is 0 Å². The fraction of sp³-hybridized carbons (Fsp3) is 0.647. The van der Waals surface area contributed by atoms with Crippen molar-refractivity contribution >= 4 is 0 Å². The fourth-order valence-electron chi connectivity index (χ4n) is 2.65. The van der Waals surface area contributed by atoms with Crippen molar-refractivity contribution in [2.45, 2.75) is 64.2 Å². The van der Waals surface area contributed by atoms with Crippen molar-refractivity contribution in [3.8, 4) is 11.5 Å². The number of hydrogen-bond donors (Lipinski definition) is 2. The third-order valence-corrected chi connectivity index (χ3v) is 4.31. The maximum absolute atomic E-state index is 10.3. The van der Waals surface area contributed by atoms with Crippen LogP contribution in [0.5, 0.6) is 11.5 Å². The minimum absolute atomic E-state index is 0.0129. The van der Waals surface area contributed by atoms with Crippen LogP contribution in [0.2, 0.25) is 0 Å². The molecule has 3 N–H and O–H groups in total. The summed E-state index contributed by atoms with van der Waals surface area (Å²) in [6.07, 6.45) is 2.14. The Morgan fingerprint density at radius 3 is 2.67 bits per heavy atom. The van der Waals surface area contributed by atoms with Gasteiger partial charge in [-0.2, -0.15) is 0 Å². The number of aliphatic hydroxyl groups is 1. The number of nitrogens with two attached hydrogens (primary N) is 1. The molecule has 1 aliphatic heterocycles. The second kappa shape index (κ2) is 5.85. The van der Waals surface area contributed by atoms with Crippen LogP contribution in [0.1, 0.15) is 58.6 Å². The van der Waals surface area contributed by atoms with Crippen molar-refractivity contribution in [1.29, 1.82) is 0 Å². The second-order valence-electron chi connectivity index (χ2n) is 6.59. The van der Waals surface area contributed by atoms with Crippen molar-refractivity contribution in [2.75, 3.05) is 6.61 Å². The molecule has 1 aromatic carbocycles. The van der Waals surface area contributed by atoms with Gasteiger partial charge in [-0.05, 0) is 32.8 Å². The van der Waals surface area contributed by atoms with E-state index in [0.29, 0.717) is 18.6 Å². The Bertz CT molecular complexity index is 495. The van der Waals surface area contributed by atoms with Gasteiger partial charge in [-0.3, -0.25) is 0 Å². The lowest BCUT2D eigenvalue weighted by molar-refractivity contribution is -0.0116. The number of hydrogen-bond acceptors (Lipinski definition) is 4. The lowest BCUT2D eigenvalue weighted by Crippen LogP contribution is -2.37. The average molecular weight is 293 g/mol. The monoisotopic (exact) mass is 293 g/mol. The summed E-state index contributed by atoms with van der Waals surface area (Å²) in [4.78, 5) is 0. The van der Waals surface area contributed by atoms with Crippen molar-refractivity contribution in [1.82, 2.24) is 0 Å². The predicted molar refractivity (Wildman–Crippen MR) is 83.7 cm³/mol. The third kappa shape index (κ3) is 3.69. The van der Waals surface area contributed by atoms with Crippen LogP contribution in [0.3, 0.4) is 0 Å². The summed E-state index contributed by atoms with van der Waals surface area (Å²) in [5, 5.41) is 10.3. The van der Waals surface area contributed by atoms with Crippen LogP contribution < -0.4 is 15.2 Å². The molecule has 0 saturated heterocycles. The zero-order valence-electron chi connectivity index (χ0n) is 13.5. The third-order valence-electron chi connectivity index (χ3n) is 4.31. The molecule has 21 heavy (non-hydrogen) atoms. The summed E-state index contributed by atoms with van der Waals surface area (Å²) >= 11 is 0. The van der Waals surface area contributed by atoms with Crippen LogP contribution >= 0.6 is 0 Å². The number of ether oxygens (including phenoxy) is 2. The molecule has 2 rings (SSSR count). The molecule has 1 atom stereocenters. The van der Waals surface area contributed by atoms with Gasteiger partial charge >= 0.3 is 0 Å². The van der Waals surface area contributed by atoms with Gasteiger partial charge in [0.2, 0.25) is 0 Å². The molecule has 0 bridgehead atoms. The SMILES string of the molecule is CCC(O)(CC)COc1ccc2c(c1)OC(C)(C)CC2N. The number of benzene rings is 1. The molecule has 118 valence electrons. The van der Waals surface area contributed by atoms with Crippen LogP contribution in [0.25, 0.3) is 0 Å². The Balaban J connectivity index is 2.14. The fourth-order valence-corrected chi connectivity index (χ4v) is 2.65. The number of fused-ring (bicyclic) bond motifs is 1. The first-order valence-electron chi connectivity index (χ1n) is 7.72. The average Bonchev–Trinajstić information content (AvgIpc) is 2.43. The molecule has 1 unspecified atom stereocenters. The van der Waals surface area contributed by atoms with Gasteiger partial charge in [0.05, 0.1) is 5.60 Å². The molecule has 4 heteroatoms. The van der Waals surface area contributed by atoms with Crippen LogP contribution in [0.4, 0.5) is 0 Å². The van der Waals surface area contributed by atoms with Gasteiger partial charge in [0.1, 0.15) is 23.7 Å². The lowest BCUT2D eigenvalue weighted by atomic mass is 9.90. The smallest absolute Gasteiger partial charge is 0.128 e. The van der Waals surface area contributed by atoms with E-state index in [-0.39, 0.29) is 18.2 Å². The summed E-state index contributed by atoms with van der Waals surface area (Å²) in [6.45, 7) is 8.29. The van der Waals surface area contributed by atoms with Gasteiger partial charge in [-0.15, -0.1) is 0 Å². The molecule has 4 nitrogen and oxygen atoms in total. The van der Waals surface area contributed by atoms with E-state index in [1.165, 1.54) is 0 Å². The Kier molecular flexibility index (Phi) is 4.49. The van der Waals surface area contributed by atoms with E-state index in [9.17, 15) is 5.11 Å². The zero-order chi connectivity index (χ0) is 15.7. The minimum Gasteiger partial charge on any atom is -0.490 e. The van der Waals surface area contributed by atoms with Crippen molar-refractivity contribution in [2.24, 2.45) is 5.73 Å². The molecule has 1 aromatic rings. The Hall–Kier alpha value is -1.26. The van der Waals surface area contributed by atoms with Crippen molar-refractivity contribution < 1.29 is 14.6 Å². The van der Waals surface area contributed by atoms with E-state index in [2.05, 4.69) is 0 Å².